The Morgan fingerprint density at radius 1 is 1.33 bits per heavy atom. The first-order valence-electron chi connectivity index (χ1n) is 6.31. The predicted molar refractivity (Wildman–Crippen MR) is 93.9 cm³/mol. The van der Waals surface area contributed by atoms with E-state index in [1.807, 2.05) is 30.3 Å². The molecule has 21 heavy (non-hydrogen) atoms. The van der Waals surface area contributed by atoms with Crippen LogP contribution in [0.3, 0.4) is 0 Å². The number of hydrogen-bond donors (Lipinski definition) is 2. The second kappa shape index (κ2) is 7.33. The van der Waals surface area contributed by atoms with Crippen LogP contribution < -0.4 is 11.1 Å². The lowest BCUT2D eigenvalue weighted by atomic mass is 10.1. The molecule has 2 aromatic carbocycles. The lowest BCUT2D eigenvalue weighted by Crippen LogP contribution is -2.14. The van der Waals surface area contributed by atoms with Crippen molar-refractivity contribution in [1.29, 1.82) is 0 Å². The number of carbonyl (C=O) groups is 1. The van der Waals surface area contributed by atoms with E-state index in [-0.39, 0.29) is 5.91 Å². The molecule has 1 amide bonds. The van der Waals surface area contributed by atoms with Gasteiger partial charge in [-0.15, -0.1) is 18.3 Å². The molecule has 0 fully saturated rings. The number of nitrogen functional groups attached to an aromatic ring is 1. The Kier molecular flexibility index (Phi) is 5.47. The first-order valence-corrected chi connectivity index (χ1v) is 8.09. The molecule has 0 spiro atoms. The first kappa shape index (κ1) is 15.7. The monoisotopic (exact) mass is 362 g/mol. The van der Waals surface area contributed by atoms with Crippen molar-refractivity contribution in [2.45, 2.75) is 4.90 Å². The number of anilines is 2. The van der Waals surface area contributed by atoms with E-state index < -0.39 is 0 Å². The van der Waals surface area contributed by atoms with Gasteiger partial charge in [-0.2, -0.15) is 0 Å². The number of halogens is 1. The van der Waals surface area contributed by atoms with Gasteiger partial charge in [-0.3, -0.25) is 4.79 Å². The fourth-order valence-corrected chi connectivity index (χ4v) is 2.87. The zero-order valence-corrected chi connectivity index (χ0v) is 13.7. The summed E-state index contributed by atoms with van der Waals surface area (Å²) in [6, 6.07) is 12.9. The second-order valence-corrected chi connectivity index (χ2v) is 6.26. The summed E-state index contributed by atoms with van der Waals surface area (Å²) in [5, 5.41) is 2.91. The van der Waals surface area contributed by atoms with Crippen molar-refractivity contribution in [2.24, 2.45) is 0 Å². The topological polar surface area (TPSA) is 55.1 Å². The zero-order valence-electron chi connectivity index (χ0n) is 11.3. The molecule has 3 nitrogen and oxygen atoms in total. The molecule has 0 unspecified atom stereocenters. The van der Waals surface area contributed by atoms with Crippen LogP contribution in [-0.2, 0) is 0 Å². The number of rotatable bonds is 5. The third-order valence-corrected chi connectivity index (χ3v) is 4.31. The van der Waals surface area contributed by atoms with Crippen molar-refractivity contribution in [2.75, 3.05) is 16.8 Å². The fraction of sp³-hybridized carbons (Fsp3) is 0.0625. The lowest BCUT2D eigenvalue weighted by molar-refractivity contribution is 0.102. The molecular weight excluding hydrogens is 348 g/mol. The fourth-order valence-electron chi connectivity index (χ4n) is 1.76. The van der Waals surface area contributed by atoms with E-state index in [2.05, 4.69) is 27.8 Å². The normalized spacial score (nSPS) is 10.1. The highest BCUT2D eigenvalue weighted by atomic mass is 79.9. The summed E-state index contributed by atoms with van der Waals surface area (Å²) in [7, 11) is 0. The quantitative estimate of drug-likeness (QED) is 0.465. The molecular formula is C16H15BrN2OS. The van der Waals surface area contributed by atoms with E-state index in [1.54, 1.807) is 30.0 Å². The minimum Gasteiger partial charge on any atom is -0.398 e. The molecule has 0 aromatic heterocycles. The van der Waals surface area contributed by atoms with E-state index in [0.29, 0.717) is 11.3 Å². The van der Waals surface area contributed by atoms with Gasteiger partial charge in [-0.1, -0.05) is 34.1 Å². The molecule has 3 N–H and O–H groups in total. The van der Waals surface area contributed by atoms with Gasteiger partial charge in [0.15, 0.2) is 0 Å². The van der Waals surface area contributed by atoms with Crippen LogP contribution in [0.4, 0.5) is 11.4 Å². The highest BCUT2D eigenvalue weighted by molar-refractivity contribution is 9.10. The molecule has 2 rings (SSSR count). The van der Waals surface area contributed by atoms with Crippen LogP contribution in [-0.4, -0.2) is 11.7 Å². The molecule has 0 aliphatic heterocycles. The summed E-state index contributed by atoms with van der Waals surface area (Å²) in [5.41, 5.74) is 7.54. The first-order chi connectivity index (χ1) is 10.1. The third-order valence-electron chi connectivity index (χ3n) is 2.75. The number of amides is 1. The van der Waals surface area contributed by atoms with Crippen molar-refractivity contribution in [3.8, 4) is 0 Å². The summed E-state index contributed by atoms with van der Waals surface area (Å²) in [4.78, 5) is 13.4. The Labute approximate surface area is 136 Å². The molecule has 108 valence electrons. The Morgan fingerprint density at radius 2 is 2.10 bits per heavy atom. The smallest absolute Gasteiger partial charge is 0.257 e. The molecule has 0 radical (unpaired) electrons. The maximum atomic E-state index is 12.4. The van der Waals surface area contributed by atoms with Crippen molar-refractivity contribution < 1.29 is 4.79 Å². The number of nitrogens with two attached hydrogens (primary N) is 1. The predicted octanol–water partition coefficient (Wildman–Crippen LogP) is 4.56. The Balaban J connectivity index is 2.23. The molecule has 0 atom stereocenters. The van der Waals surface area contributed by atoms with Crippen molar-refractivity contribution in [3.05, 3.63) is 65.2 Å². The summed E-state index contributed by atoms with van der Waals surface area (Å²) >= 11 is 4.97. The molecule has 0 bridgehead atoms. The summed E-state index contributed by atoms with van der Waals surface area (Å²) in [5.74, 6) is 0.562. The van der Waals surface area contributed by atoms with E-state index in [9.17, 15) is 4.79 Å². The SMILES string of the molecule is C=CCSc1ccccc1NC(=O)c1cc(Br)ccc1N. The van der Waals surface area contributed by atoms with Crippen LogP contribution in [0.1, 0.15) is 10.4 Å². The molecule has 0 saturated heterocycles. The van der Waals surface area contributed by atoms with Gasteiger partial charge in [-0.25, -0.2) is 0 Å². The van der Waals surface area contributed by atoms with Crippen LogP contribution in [0.5, 0.6) is 0 Å². The Morgan fingerprint density at radius 3 is 2.86 bits per heavy atom. The Hall–Kier alpha value is -1.72. The van der Waals surface area contributed by atoms with Crippen LogP contribution in [0.25, 0.3) is 0 Å². The highest BCUT2D eigenvalue weighted by Crippen LogP contribution is 2.28. The maximum Gasteiger partial charge on any atom is 0.257 e. The van der Waals surface area contributed by atoms with E-state index >= 15 is 0 Å². The summed E-state index contributed by atoms with van der Waals surface area (Å²) < 4.78 is 0.816. The number of carbonyl (C=O) groups excluding carboxylic acids is 1. The molecule has 0 aliphatic carbocycles. The molecule has 0 heterocycles. The molecule has 0 saturated carbocycles. The van der Waals surface area contributed by atoms with Crippen LogP contribution in [0.15, 0.2) is 64.5 Å². The highest BCUT2D eigenvalue weighted by Gasteiger charge is 2.12. The second-order valence-electron chi connectivity index (χ2n) is 4.28. The van der Waals surface area contributed by atoms with Gasteiger partial charge in [0.05, 0.1) is 11.3 Å². The van der Waals surface area contributed by atoms with Crippen molar-refractivity contribution >= 4 is 45.0 Å². The van der Waals surface area contributed by atoms with Gasteiger partial charge < -0.3 is 11.1 Å². The van der Waals surface area contributed by atoms with E-state index in [1.165, 1.54) is 0 Å². The maximum absolute atomic E-state index is 12.4. The van der Waals surface area contributed by atoms with Crippen LogP contribution >= 0.6 is 27.7 Å². The van der Waals surface area contributed by atoms with Gasteiger partial charge in [0.25, 0.3) is 5.91 Å². The van der Waals surface area contributed by atoms with Gasteiger partial charge in [-0.05, 0) is 30.3 Å². The third kappa shape index (κ3) is 4.12. The van der Waals surface area contributed by atoms with Gasteiger partial charge in [0, 0.05) is 20.8 Å². The zero-order chi connectivity index (χ0) is 15.2. The standard InChI is InChI=1S/C16H15BrN2OS/c1-2-9-21-15-6-4-3-5-14(15)19-16(20)12-10-11(17)7-8-13(12)18/h2-8,10H,1,9,18H2,(H,19,20). The number of para-hydroxylation sites is 1. The average molecular weight is 363 g/mol. The van der Waals surface area contributed by atoms with Crippen molar-refractivity contribution in [3.63, 3.8) is 0 Å². The molecule has 2 aromatic rings. The Bertz CT molecular complexity index is 673. The lowest BCUT2D eigenvalue weighted by Gasteiger charge is -2.11. The number of benzene rings is 2. The molecule has 0 aliphatic rings. The van der Waals surface area contributed by atoms with Gasteiger partial charge in [0.2, 0.25) is 0 Å². The van der Waals surface area contributed by atoms with Gasteiger partial charge >= 0.3 is 0 Å². The van der Waals surface area contributed by atoms with Crippen LogP contribution in [0, 0.1) is 0 Å². The average Bonchev–Trinajstić information content (AvgIpc) is 2.48. The van der Waals surface area contributed by atoms with Crippen LogP contribution in [0.2, 0.25) is 0 Å². The van der Waals surface area contributed by atoms with E-state index in [0.717, 1.165) is 20.8 Å². The van der Waals surface area contributed by atoms with E-state index in [4.69, 9.17) is 5.73 Å². The van der Waals surface area contributed by atoms with Gasteiger partial charge in [0.1, 0.15) is 0 Å². The number of hydrogen-bond acceptors (Lipinski definition) is 3. The number of nitrogens with one attached hydrogen (secondary N) is 1. The molecule has 5 heteroatoms. The minimum absolute atomic E-state index is 0.222. The van der Waals surface area contributed by atoms with Crippen molar-refractivity contribution in [1.82, 2.24) is 0 Å². The minimum atomic E-state index is -0.222. The summed E-state index contributed by atoms with van der Waals surface area (Å²) in [6.07, 6.45) is 1.83. The number of thioether (sulfide) groups is 1. The largest absolute Gasteiger partial charge is 0.398 e. The summed E-state index contributed by atoms with van der Waals surface area (Å²) in [6.45, 7) is 3.71.